The van der Waals surface area contributed by atoms with Gasteiger partial charge in [0.1, 0.15) is 11.6 Å². The zero-order chi connectivity index (χ0) is 13.0. The maximum Gasteiger partial charge on any atom is 0.126 e. The molecule has 3 heteroatoms. The van der Waals surface area contributed by atoms with Gasteiger partial charge in [-0.25, -0.2) is 4.39 Å². The maximum atomic E-state index is 13.5. The summed E-state index contributed by atoms with van der Waals surface area (Å²) in [6.07, 6.45) is 0.981. The Kier molecular flexibility index (Phi) is 4.94. The fourth-order valence-electron chi connectivity index (χ4n) is 1.56. The van der Waals surface area contributed by atoms with Gasteiger partial charge in [-0.05, 0) is 43.9 Å². The van der Waals surface area contributed by atoms with Crippen LogP contribution in [0, 0.1) is 18.7 Å². The van der Waals surface area contributed by atoms with Crippen molar-refractivity contribution in [1.82, 2.24) is 0 Å². The van der Waals surface area contributed by atoms with E-state index in [9.17, 15) is 4.39 Å². The summed E-state index contributed by atoms with van der Waals surface area (Å²) < 4.78 is 19.2. The molecule has 0 saturated heterocycles. The fourth-order valence-corrected chi connectivity index (χ4v) is 1.56. The van der Waals surface area contributed by atoms with Gasteiger partial charge < -0.3 is 10.5 Å². The number of benzene rings is 1. The van der Waals surface area contributed by atoms with Crippen LogP contribution in [0.25, 0.3) is 0 Å². The standard InChI is InChI=1S/C14H22FNO/c1-9(2)5-6-17-14-7-10(3)13(15)8-12(14)11(4)16/h7-9,11H,5-6,16H2,1-4H3/t11-/m1/s1. The molecule has 0 unspecified atom stereocenters. The zero-order valence-corrected chi connectivity index (χ0v) is 11.1. The van der Waals surface area contributed by atoms with Crippen LogP contribution in [0.15, 0.2) is 12.1 Å². The number of ether oxygens (including phenoxy) is 1. The Morgan fingerprint density at radius 3 is 2.47 bits per heavy atom. The predicted octanol–water partition coefficient (Wildman–Crippen LogP) is 3.58. The first-order valence-corrected chi connectivity index (χ1v) is 6.10. The van der Waals surface area contributed by atoms with Crippen LogP contribution in [0.4, 0.5) is 4.39 Å². The van der Waals surface area contributed by atoms with Gasteiger partial charge in [0.15, 0.2) is 0 Å². The van der Waals surface area contributed by atoms with E-state index in [-0.39, 0.29) is 11.9 Å². The van der Waals surface area contributed by atoms with Gasteiger partial charge in [-0.15, -0.1) is 0 Å². The van der Waals surface area contributed by atoms with Crippen molar-refractivity contribution in [2.45, 2.75) is 40.2 Å². The Labute approximate surface area is 103 Å². The van der Waals surface area contributed by atoms with Crippen molar-refractivity contribution in [3.05, 3.63) is 29.1 Å². The molecule has 0 bridgehead atoms. The molecule has 0 fully saturated rings. The number of aryl methyl sites for hydroxylation is 1. The van der Waals surface area contributed by atoms with Crippen LogP contribution in [0.1, 0.15) is 44.4 Å². The lowest BCUT2D eigenvalue weighted by molar-refractivity contribution is 0.285. The highest BCUT2D eigenvalue weighted by Crippen LogP contribution is 2.27. The minimum absolute atomic E-state index is 0.223. The summed E-state index contributed by atoms with van der Waals surface area (Å²) in [7, 11) is 0. The molecule has 0 heterocycles. The molecule has 1 aromatic carbocycles. The summed E-state index contributed by atoms with van der Waals surface area (Å²) in [6.45, 7) is 8.49. The molecule has 1 rings (SSSR count). The summed E-state index contributed by atoms with van der Waals surface area (Å²) in [5.41, 5.74) is 7.14. The highest BCUT2D eigenvalue weighted by Gasteiger charge is 2.12. The Hall–Kier alpha value is -1.09. The molecule has 0 aliphatic heterocycles. The Morgan fingerprint density at radius 1 is 1.29 bits per heavy atom. The van der Waals surface area contributed by atoms with Crippen molar-refractivity contribution in [2.24, 2.45) is 11.7 Å². The molecule has 1 atom stereocenters. The smallest absolute Gasteiger partial charge is 0.126 e. The molecule has 0 amide bonds. The molecule has 0 saturated carbocycles. The number of nitrogens with two attached hydrogens (primary N) is 1. The molecule has 0 aromatic heterocycles. The van der Waals surface area contributed by atoms with E-state index in [0.29, 0.717) is 23.8 Å². The van der Waals surface area contributed by atoms with E-state index in [1.165, 1.54) is 6.07 Å². The Morgan fingerprint density at radius 2 is 1.94 bits per heavy atom. The van der Waals surface area contributed by atoms with Gasteiger partial charge in [-0.1, -0.05) is 13.8 Å². The van der Waals surface area contributed by atoms with E-state index < -0.39 is 0 Å². The Bertz CT molecular complexity index is 375. The first kappa shape index (κ1) is 14.0. The molecular weight excluding hydrogens is 217 g/mol. The normalized spacial score (nSPS) is 12.9. The third kappa shape index (κ3) is 4.00. The van der Waals surface area contributed by atoms with Crippen molar-refractivity contribution in [3.8, 4) is 5.75 Å². The monoisotopic (exact) mass is 239 g/mol. The Balaban J connectivity index is 2.85. The first-order valence-electron chi connectivity index (χ1n) is 6.10. The van der Waals surface area contributed by atoms with Crippen molar-refractivity contribution in [1.29, 1.82) is 0 Å². The molecule has 0 radical (unpaired) electrons. The molecular formula is C14H22FNO. The second kappa shape index (κ2) is 6.01. The number of hydrogen-bond donors (Lipinski definition) is 1. The topological polar surface area (TPSA) is 35.2 Å². The molecule has 17 heavy (non-hydrogen) atoms. The lowest BCUT2D eigenvalue weighted by atomic mass is 10.0. The quantitative estimate of drug-likeness (QED) is 0.852. The third-order valence-electron chi connectivity index (χ3n) is 2.73. The highest BCUT2D eigenvalue weighted by atomic mass is 19.1. The minimum Gasteiger partial charge on any atom is -0.493 e. The van der Waals surface area contributed by atoms with Gasteiger partial charge in [0.05, 0.1) is 6.61 Å². The second-order valence-electron chi connectivity index (χ2n) is 4.96. The number of rotatable bonds is 5. The molecule has 2 N–H and O–H groups in total. The van der Waals surface area contributed by atoms with Crippen LogP contribution in [0.3, 0.4) is 0 Å². The average Bonchev–Trinajstić information content (AvgIpc) is 2.22. The molecule has 2 nitrogen and oxygen atoms in total. The van der Waals surface area contributed by atoms with Gasteiger partial charge in [0.2, 0.25) is 0 Å². The highest BCUT2D eigenvalue weighted by molar-refractivity contribution is 5.39. The fraction of sp³-hybridized carbons (Fsp3) is 0.571. The van der Waals surface area contributed by atoms with E-state index in [4.69, 9.17) is 10.5 Å². The molecule has 0 spiro atoms. The summed E-state index contributed by atoms with van der Waals surface area (Å²) in [4.78, 5) is 0. The lowest BCUT2D eigenvalue weighted by Gasteiger charge is -2.16. The maximum absolute atomic E-state index is 13.5. The van der Waals surface area contributed by atoms with Crippen LogP contribution in [-0.2, 0) is 0 Å². The summed E-state index contributed by atoms with van der Waals surface area (Å²) in [5, 5.41) is 0. The van der Waals surface area contributed by atoms with E-state index >= 15 is 0 Å². The average molecular weight is 239 g/mol. The van der Waals surface area contributed by atoms with Crippen LogP contribution in [0.2, 0.25) is 0 Å². The van der Waals surface area contributed by atoms with Crippen LogP contribution >= 0.6 is 0 Å². The molecule has 1 aromatic rings. The zero-order valence-electron chi connectivity index (χ0n) is 11.1. The van der Waals surface area contributed by atoms with Crippen LogP contribution < -0.4 is 10.5 Å². The van der Waals surface area contributed by atoms with E-state index in [2.05, 4.69) is 13.8 Å². The van der Waals surface area contributed by atoms with Gasteiger partial charge in [0, 0.05) is 11.6 Å². The van der Waals surface area contributed by atoms with Crippen molar-refractivity contribution in [2.75, 3.05) is 6.61 Å². The minimum atomic E-state index is -0.228. The van der Waals surface area contributed by atoms with Gasteiger partial charge in [0.25, 0.3) is 0 Å². The summed E-state index contributed by atoms with van der Waals surface area (Å²) >= 11 is 0. The molecule has 0 aliphatic carbocycles. The van der Waals surface area contributed by atoms with Gasteiger partial charge in [-0.3, -0.25) is 0 Å². The van der Waals surface area contributed by atoms with Gasteiger partial charge >= 0.3 is 0 Å². The number of halogens is 1. The molecule has 96 valence electrons. The van der Waals surface area contributed by atoms with E-state index in [0.717, 1.165) is 12.0 Å². The second-order valence-corrected chi connectivity index (χ2v) is 4.96. The largest absolute Gasteiger partial charge is 0.493 e. The van der Waals surface area contributed by atoms with Crippen molar-refractivity contribution in [3.63, 3.8) is 0 Å². The van der Waals surface area contributed by atoms with Gasteiger partial charge in [-0.2, -0.15) is 0 Å². The summed E-state index contributed by atoms with van der Waals surface area (Å²) in [5.74, 6) is 1.07. The lowest BCUT2D eigenvalue weighted by Crippen LogP contribution is -2.10. The first-order chi connectivity index (χ1) is 7.91. The van der Waals surface area contributed by atoms with Crippen molar-refractivity contribution >= 4 is 0 Å². The van der Waals surface area contributed by atoms with Crippen LogP contribution in [-0.4, -0.2) is 6.61 Å². The third-order valence-corrected chi connectivity index (χ3v) is 2.73. The summed E-state index contributed by atoms with van der Waals surface area (Å²) in [6, 6.07) is 2.98. The number of hydrogen-bond acceptors (Lipinski definition) is 2. The van der Waals surface area contributed by atoms with E-state index in [1.54, 1.807) is 13.0 Å². The van der Waals surface area contributed by atoms with Crippen LogP contribution in [0.5, 0.6) is 5.75 Å². The SMILES string of the molecule is Cc1cc(OCCC(C)C)c([C@@H](C)N)cc1F. The predicted molar refractivity (Wildman–Crippen MR) is 68.7 cm³/mol. The molecule has 0 aliphatic rings. The van der Waals surface area contributed by atoms with E-state index in [1.807, 2.05) is 6.92 Å². The van der Waals surface area contributed by atoms with Crippen molar-refractivity contribution < 1.29 is 9.13 Å².